The predicted molar refractivity (Wildman–Crippen MR) is 198 cm³/mol. The summed E-state index contributed by atoms with van der Waals surface area (Å²) in [4.78, 5) is 22.6. The molecular formula is C38H71N2O6P. The van der Waals surface area contributed by atoms with Crippen molar-refractivity contribution in [3.63, 3.8) is 0 Å². The van der Waals surface area contributed by atoms with Gasteiger partial charge in [-0.1, -0.05) is 140 Å². The van der Waals surface area contributed by atoms with Crippen molar-refractivity contribution in [1.82, 2.24) is 5.32 Å². The Bertz CT molecular complexity index is 876. The molecule has 3 unspecified atom stereocenters. The third-order valence-electron chi connectivity index (χ3n) is 7.88. The fraction of sp³-hybridized carbons (Fsp3) is 0.763. The fourth-order valence-electron chi connectivity index (χ4n) is 4.99. The van der Waals surface area contributed by atoms with Gasteiger partial charge in [-0.25, -0.2) is 4.57 Å². The second-order valence-electron chi connectivity index (χ2n) is 12.4. The molecule has 0 radical (unpaired) electrons. The topological polar surface area (TPSA) is 131 Å². The van der Waals surface area contributed by atoms with Crippen LogP contribution in [0.3, 0.4) is 0 Å². The Morgan fingerprint density at radius 3 is 1.83 bits per heavy atom. The van der Waals surface area contributed by atoms with E-state index in [4.69, 9.17) is 14.8 Å². The number of carbonyl (C=O) groups excluding carboxylic acids is 1. The number of unbranched alkanes of at least 4 members (excludes halogenated alkanes) is 16. The Balaban J connectivity index is 4.42. The molecule has 274 valence electrons. The molecule has 9 heteroatoms. The fourth-order valence-corrected chi connectivity index (χ4v) is 5.74. The average molecular weight is 683 g/mol. The molecule has 0 aliphatic carbocycles. The first-order valence-electron chi connectivity index (χ1n) is 18.8. The van der Waals surface area contributed by atoms with Crippen LogP contribution in [0.2, 0.25) is 0 Å². The van der Waals surface area contributed by atoms with E-state index in [1.54, 1.807) is 6.08 Å². The molecule has 1 amide bonds. The van der Waals surface area contributed by atoms with Crippen molar-refractivity contribution in [1.29, 1.82) is 0 Å². The second kappa shape index (κ2) is 34.3. The predicted octanol–water partition coefficient (Wildman–Crippen LogP) is 9.77. The minimum Gasteiger partial charge on any atom is -0.387 e. The van der Waals surface area contributed by atoms with E-state index >= 15 is 0 Å². The third-order valence-corrected chi connectivity index (χ3v) is 8.86. The summed E-state index contributed by atoms with van der Waals surface area (Å²) < 4.78 is 22.0. The van der Waals surface area contributed by atoms with Crippen LogP contribution in [0.15, 0.2) is 48.6 Å². The standard InChI is InChI=1S/C38H71N2O6P/c1-3-5-7-9-11-13-15-17-19-21-23-25-27-29-31-37(41)36(35-46-47(43,44)45-34-33-39)40-38(42)32-30-28-26-24-22-20-18-16-14-12-10-8-6-4-2/h10,12,16,18,21,23,29,31,36-37,41H,3-9,11,13-15,17,19-20,22,24-28,30,32-35,39H2,1-2H3,(H,40,42)(H,43,44)/b12-10-,18-16-,23-21+,31-29+. The van der Waals surface area contributed by atoms with Crippen LogP contribution >= 0.6 is 7.82 Å². The molecule has 47 heavy (non-hydrogen) atoms. The number of nitrogens with one attached hydrogen (secondary N) is 1. The number of phosphoric ester groups is 1. The maximum absolute atomic E-state index is 12.7. The summed E-state index contributed by atoms with van der Waals surface area (Å²) in [6.45, 7) is 4.03. The molecule has 0 aromatic heterocycles. The summed E-state index contributed by atoms with van der Waals surface area (Å²) in [5.74, 6) is -0.222. The highest BCUT2D eigenvalue weighted by molar-refractivity contribution is 7.47. The van der Waals surface area contributed by atoms with Crippen molar-refractivity contribution in [3.05, 3.63) is 48.6 Å². The van der Waals surface area contributed by atoms with Crippen LogP contribution in [0, 0.1) is 0 Å². The molecule has 0 rings (SSSR count). The quantitative estimate of drug-likeness (QED) is 0.0302. The van der Waals surface area contributed by atoms with Crippen LogP contribution in [0.1, 0.15) is 155 Å². The molecular weight excluding hydrogens is 611 g/mol. The van der Waals surface area contributed by atoms with E-state index in [0.29, 0.717) is 6.42 Å². The van der Waals surface area contributed by atoms with Crippen molar-refractivity contribution in [3.8, 4) is 0 Å². The van der Waals surface area contributed by atoms with E-state index in [2.05, 4.69) is 55.6 Å². The number of aliphatic hydroxyl groups is 1. The minimum absolute atomic E-state index is 0.0699. The van der Waals surface area contributed by atoms with Crippen molar-refractivity contribution >= 4 is 13.7 Å². The van der Waals surface area contributed by atoms with Crippen LogP contribution in [-0.2, 0) is 18.4 Å². The number of carbonyl (C=O) groups is 1. The van der Waals surface area contributed by atoms with Gasteiger partial charge in [-0.3, -0.25) is 13.8 Å². The zero-order chi connectivity index (χ0) is 34.7. The number of hydrogen-bond donors (Lipinski definition) is 4. The summed E-state index contributed by atoms with van der Waals surface area (Å²) >= 11 is 0. The van der Waals surface area contributed by atoms with Crippen molar-refractivity contribution in [2.45, 2.75) is 167 Å². The van der Waals surface area contributed by atoms with Gasteiger partial charge in [0.1, 0.15) is 0 Å². The lowest BCUT2D eigenvalue weighted by molar-refractivity contribution is -0.123. The summed E-state index contributed by atoms with van der Waals surface area (Å²) in [6, 6.07) is -0.883. The Kier molecular flexibility index (Phi) is 33.2. The number of rotatable bonds is 34. The zero-order valence-corrected chi connectivity index (χ0v) is 30.9. The highest BCUT2D eigenvalue weighted by Crippen LogP contribution is 2.43. The van der Waals surface area contributed by atoms with Crippen LogP contribution < -0.4 is 11.1 Å². The third kappa shape index (κ3) is 32.8. The molecule has 0 aromatic carbocycles. The Labute approximate surface area is 288 Å². The molecule has 0 fully saturated rings. The van der Waals surface area contributed by atoms with Gasteiger partial charge in [0, 0.05) is 13.0 Å². The molecule has 0 spiro atoms. The van der Waals surface area contributed by atoms with Crippen LogP contribution in [0.5, 0.6) is 0 Å². The molecule has 8 nitrogen and oxygen atoms in total. The van der Waals surface area contributed by atoms with E-state index < -0.39 is 20.0 Å². The number of hydrogen-bond acceptors (Lipinski definition) is 6. The lowest BCUT2D eigenvalue weighted by Gasteiger charge is -2.23. The zero-order valence-electron chi connectivity index (χ0n) is 30.0. The van der Waals surface area contributed by atoms with Gasteiger partial charge in [0.25, 0.3) is 0 Å². The molecule has 0 aliphatic heterocycles. The highest BCUT2D eigenvalue weighted by Gasteiger charge is 2.26. The molecule has 0 heterocycles. The van der Waals surface area contributed by atoms with Crippen LogP contribution in [-0.4, -0.2) is 47.8 Å². The van der Waals surface area contributed by atoms with Gasteiger partial charge in [-0.2, -0.15) is 0 Å². The summed E-state index contributed by atoms with van der Waals surface area (Å²) in [5.41, 5.74) is 5.35. The summed E-state index contributed by atoms with van der Waals surface area (Å²) in [7, 11) is -4.34. The molecule has 0 saturated carbocycles. The summed E-state index contributed by atoms with van der Waals surface area (Å²) in [5, 5.41) is 13.6. The lowest BCUT2D eigenvalue weighted by atomic mass is 10.1. The lowest BCUT2D eigenvalue weighted by Crippen LogP contribution is -2.45. The Morgan fingerprint density at radius 1 is 0.702 bits per heavy atom. The number of allylic oxidation sites excluding steroid dienone is 7. The first-order chi connectivity index (χ1) is 22.9. The SMILES string of the molecule is CCCC/C=C\C/C=C\CCCCCCCC(=O)NC(COP(=O)(O)OCCN)C(O)/C=C/CC/C=C/CCCCCCCCCC. The number of phosphoric acid groups is 1. The molecule has 3 atom stereocenters. The van der Waals surface area contributed by atoms with E-state index in [1.807, 2.05) is 6.08 Å². The van der Waals surface area contributed by atoms with Crippen LogP contribution in [0.25, 0.3) is 0 Å². The second-order valence-corrected chi connectivity index (χ2v) is 13.9. The van der Waals surface area contributed by atoms with Gasteiger partial charge in [0.2, 0.25) is 5.91 Å². The Hall–Kier alpha value is -1.54. The molecule has 5 N–H and O–H groups in total. The normalized spacial score (nSPS) is 14.9. The van der Waals surface area contributed by atoms with E-state index in [-0.39, 0.29) is 25.7 Å². The summed E-state index contributed by atoms with van der Waals surface area (Å²) in [6.07, 6.45) is 40.1. The van der Waals surface area contributed by atoms with Gasteiger partial charge >= 0.3 is 7.82 Å². The maximum atomic E-state index is 12.7. The monoisotopic (exact) mass is 683 g/mol. The molecule has 0 aliphatic rings. The number of amides is 1. The van der Waals surface area contributed by atoms with Gasteiger partial charge in [-0.15, -0.1) is 0 Å². The van der Waals surface area contributed by atoms with Crippen molar-refractivity contribution in [2.24, 2.45) is 5.73 Å². The van der Waals surface area contributed by atoms with Gasteiger partial charge in [0.05, 0.1) is 25.4 Å². The van der Waals surface area contributed by atoms with Crippen molar-refractivity contribution < 1.29 is 28.4 Å². The molecule has 0 bridgehead atoms. The smallest absolute Gasteiger partial charge is 0.387 e. The first-order valence-corrected chi connectivity index (χ1v) is 20.3. The minimum atomic E-state index is -4.34. The van der Waals surface area contributed by atoms with E-state index in [1.165, 1.54) is 70.6 Å². The van der Waals surface area contributed by atoms with Gasteiger partial charge in [-0.05, 0) is 57.8 Å². The Morgan fingerprint density at radius 2 is 1.21 bits per heavy atom. The van der Waals surface area contributed by atoms with Crippen molar-refractivity contribution in [2.75, 3.05) is 19.8 Å². The maximum Gasteiger partial charge on any atom is 0.472 e. The van der Waals surface area contributed by atoms with E-state index in [0.717, 1.165) is 64.2 Å². The first kappa shape index (κ1) is 45.5. The van der Waals surface area contributed by atoms with E-state index in [9.17, 15) is 19.4 Å². The van der Waals surface area contributed by atoms with Gasteiger partial charge < -0.3 is 21.1 Å². The molecule has 0 aromatic rings. The number of aliphatic hydroxyl groups excluding tert-OH is 1. The molecule has 0 saturated heterocycles. The largest absolute Gasteiger partial charge is 0.472 e. The van der Waals surface area contributed by atoms with Crippen LogP contribution in [0.4, 0.5) is 0 Å². The van der Waals surface area contributed by atoms with Gasteiger partial charge in [0.15, 0.2) is 0 Å². The highest BCUT2D eigenvalue weighted by atomic mass is 31.2. The average Bonchev–Trinajstić information content (AvgIpc) is 3.05. The number of nitrogens with two attached hydrogens (primary N) is 1.